The highest BCUT2D eigenvalue weighted by Crippen LogP contribution is 2.39. The second-order valence-corrected chi connectivity index (χ2v) is 7.84. The van der Waals surface area contributed by atoms with Gasteiger partial charge in [0, 0.05) is 5.02 Å². The van der Waals surface area contributed by atoms with Crippen LogP contribution in [0.25, 0.3) is 0 Å². The van der Waals surface area contributed by atoms with Crippen molar-refractivity contribution in [3.05, 3.63) is 64.2 Å². The quantitative estimate of drug-likeness (QED) is 0.568. The first-order valence-electron chi connectivity index (χ1n) is 9.63. The van der Waals surface area contributed by atoms with Crippen LogP contribution >= 0.6 is 11.6 Å². The van der Waals surface area contributed by atoms with Gasteiger partial charge in [-0.2, -0.15) is 0 Å². The van der Waals surface area contributed by atoms with Crippen LogP contribution in [0.5, 0.6) is 5.75 Å². The molecule has 0 aromatic heterocycles. The minimum absolute atomic E-state index is 0.479. The third-order valence-electron chi connectivity index (χ3n) is 5.44. The number of aliphatic hydroxyl groups excluding tert-OH is 4. The van der Waals surface area contributed by atoms with Crippen molar-refractivity contribution < 1.29 is 29.9 Å². The molecule has 29 heavy (non-hydrogen) atoms. The highest BCUT2D eigenvalue weighted by Gasteiger charge is 2.51. The average Bonchev–Trinajstić information content (AvgIpc) is 2.72. The van der Waals surface area contributed by atoms with Crippen molar-refractivity contribution in [3.8, 4) is 5.75 Å². The molecule has 3 rings (SSSR count). The Morgan fingerprint density at radius 2 is 1.76 bits per heavy atom. The maximum absolute atomic E-state index is 10.6. The van der Waals surface area contributed by atoms with Crippen molar-refractivity contribution in [3.63, 3.8) is 0 Å². The predicted molar refractivity (Wildman–Crippen MR) is 109 cm³/mol. The Bertz CT molecular complexity index is 825. The number of rotatable bonds is 6. The number of benzene rings is 2. The molecule has 0 aliphatic carbocycles. The summed E-state index contributed by atoms with van der Waals surface area (Å²) in [5, 5.41) is 40.9. The van der Waals surface area contributed by atoms with Crippen LogP contribution in [-0.4, -0.2) is 58.1 Å². The number of hydrogen-bond acceptors (Lipinski definition) is 6. The highest BCUT2D eigenvalue weighted by atomic mass is 35.5. The molecular formula is C22H27ClO6. The lowest BCUT2D eigenvalue weighted by atomic mass is 9.80. The zero-order valence-corrected chi connectivity index (χ0v) is 17.2. The van der Waals surface area contributed by atoms with Crippen LogP contribution in [0, 0.1) is 0 Å². The summed E-state index contributed by atoms with van der Waals surface area (Å²) < 4.78 is 11.3. The molecule has 1 aliphatic heterocycles. The van der Waals surface area contributed by atoms with E-state index in [1.165, 1.54) is 0 Å². The van der Waals surface area contributed by atoms with Crippen LogP contribution in [0.2, 0.25) is 5.02 Å². The lowest BCUT2D eigenvalue weighted by molar-refractivity contribution is -0.273. The van der Waals surface area contributed by atoms with Crippen molar-refractivity contribution in [1.29, 1.82) is 0 Å². The fraction of sp³-hybridized carbons (Fsp3) is 0.455. The van der Waals surface area contributed by atoms with Crippen LogP contribution < -0.4 is 4.74 Å². The van der Waals surface area contributed by atoms with E-state index in [-0.39, 0.29) is 0 Å². The normalized spacial score (nSPS) is 29.6. The van der Waals surface area contributed by atoms with Crippen molar-refractivity contribution >= 4 is 11.6 Å². The smallest absolute Gasteiger partial charge is 0.119 e. The summed E-state index contributed by atoms with van der Waals surface area (Å²) >= 11 is 6.40. The van der Waals surface area contributed by atoms with Gasteiger partial charge in [-0.05, 0) is 55.2 Å². The number of hydrogen-bond donors (Lipinski definition) is 4. The molecule has 0 saturated carbocycles. The minimum atomic E-state index is -1.45. The van der Waals surface area contributed by atoms with Crippen LogP contribution in [0.3, 0.4) is 0 Å². The van der Waals surface area contributed by atoms with Gasteiger partial charge in [0.15, 0.2) is 0 Å². The van der Waals surface area contributed by atoms with Gasteiger partial charge in [0.1, 0.15) is 35.8 Å². The topological polar surface area (TPSA) is 99.4 Å². The van der Waals surface area contributed by atoms with E-state index < -0.39 is 36.6 Å². The molecule has 1 fully saturated rings. The highest BCUT2D eigenvalue weighted by molar-refractivity contribution is 6.31. The lowest BCUT2D eigenvalue weighted by Gasteiger charge is -2.47. The molecular weight excluding hydrogens is 396 g/mol. The second-order valence-electron chi connectivity index (χ2n) is 7.43. The fourth-order valence-electron chi connectivity index (χ4n) is 3.68. The summed E-state index contributed by atoms with van der Waals surface area (Å²) in [7, 11) is 0. The molecule has 1 aliphatic rings. The van der Waals surface area contributed by atoms with E-state index in [2.05, 4.69) is 0 Å². The number of aliphatic hydroxyl groups is 4. The van der Waals surface area contributed by atoms with Crippen molar-refractivity contribution in [2.45, 2.75) is 50.3 Å². The van der Waals surface area contributed by atoms with Crippen LogP contribution in [0.4, 0.5) is 0 Å². The van der Waals surface area contributed by atoms with Gasteiger partial charge in [-0.15, -0.1) is 0 Å². The Morgan fingerprint density at radius 1 is 1.07 bits per heavy atom. The summed E-state index contributed by atoms with van der Waals surface area (Å²) in [6.45, 7) is 3.68. The molecule has 2 aromatic rings. The van der Waals surface area contributed by atoms with Crippen LogP contribution in [0.1, 0.15) is 30.5 Å². The van der Waals surface area contributed by atoms with Crippen molar-refractivity contribution in [2.75, 3.05) is 13.2 Å². The Labute approximate surface area is 175 Å². The maximum atomic E-state index is 10.6. The molecule has 1 saturated heterocycles. The Hall–Kier alpha value is -1.67. The van der Waals surface area contributed by atoms with Gasteiger partial charge in [-0.3, -0.25) is 0 Å². The summed E-state index contributed by atoms with van der Waals surface area (Å²) in [5.74, 6) is 0.796. The molecule has 0 bridgehead atoms. The second kappa shape index (κ2) is 9.00. The van der Waals surface area contributed by atoms with Gasteiger partial charge < -0.3 is 29.9 Å². The van der Waals surface area contributed by atoms with E-state index in [0.717, 1.165) is 16.9 Å². The summed E-state index contributed by atoms with van der Waals surface area (Å²) in [6, 6.07) is 13.0. The van der Waals surface area contributed by atoms with E-state index in [1.807, 2.05) is 37.3 Å². The molecule has 4 N–H and O–H groups in total. The van der Waals surface area contributed by atoms with E-state index in [9.17, 15) is 20.4 Å². The SMILES string of the molecule is CCOc1ccc(Cc2cc([C@@]3(C)O[C@@H](CO)[C@@H](O)[C@H](O)[C@H]3O)ccc2Cl)cc1. The zero-order valence-electron chi connectivity index (χ0n) is 16.5. The van der Waals surface area contributed by atoms with Crippen molar-refractivity contribution in [1.82, 2.24) is 0 Å². The maximum Gasteiger partial charge on any atom is 0.119 e. The van der Waals surface area contributed by atoms with Crippen LogP contribution in [-0.2, 0) is 16.8 Å². The first kappa shape index (κ1) is 22.0. The molecule has 6 nitrogen and oxygen atoms in total. The Kier molecular flexibility index (Phi) is 6.83. The third kappa shape index (κ3) is 4.43. The molecule has 7 heteroatoms. The van der Waals surface area contributed by atoms with E-state index in [0.29, 0.717) is 23.6 Å². The third-order valence-corrected chi connectivity index (χ3v) is 5.81. The molecule has 2 aromatic carbocycles. The molecule has 1 heterocycles. The van der Waals surface area contributed by atoms with Gasteiger partial charge in [0.25, 0.3) is 0 Å². The van der Waals surface area contributed by atoms with Gasteiger partial charge in [0.05, 0.1) is 13.2 Å². The molecule has 0 unspecified atom stereocenters. The first-order chi connectivity index (χ1) is 13.8. The molecule has 5 atom stereocenters. The Balaban J connectivity index is 1.89. The fourth-order valence-corrected chi connectivity index (χ4v) is 3.86. The Morgan fingerprint density at radius 3 is 2.38 bits per heavy atom. The number of halogens is 1. The average molecular weight is 423 g/mol. The van der Waals surface area contributed by atoms with Gasteiger partial charge in [-0.25, -0.2) is 0 Å². The van der Waals surface area contributed by atoms with Crippen LogP contribution in [0.15, 0.2) is 42.5 Å². The number of ether oxygens (including phenoxy) is 2. The standard InChI is InChI=1S/C22H27ClO6/c1-3-28-16-7-4-13(5-8-16)10-14-11-15(6-9-17(14)23)22(2)21(27)20(26)19(25)18(12-24)29-22/h4-9,11,18-21,24-27H,3,10,12H2,1-2H3/t18-,19+,20-,21+,22+/m0/s1. The summed E-state index contributed by atoms with van der Waals surface area (Å²) in [4.78, 5) is 0. The van der Waals surface area contributed by atoms with Gasteiger partial charge >= 0.3 is 0 Å². The van der Waals surface area contributed by atoms with E-state index in [4.69, 9.17) is 21.1 Å². The molecule has 0 radical (unpaired) electrons. The summed E-state index contributed by atoms with van der Waals surface area (Å²) in [6.07, 6.45) is -4.65. The monoisotopic (exact) mass is 422 g/mol. The first-order valence-corrected chi connectivity index (χ1v) is 10.0. The summed E-state index contributed by atoms with van der Waals surface area (Å²) in [5.41, 5.74) is 1.14. The van der Waals surface area contributed by atoms with Crippen molar-refractivity contribution in [2.24, 2.45) is 0 Å². The van der Waals surface area contributed by atoms with E-state index >= 15 is 0 Å². The van der Waals surface area contributed by atoms with Gasteiger partial charge in [-0.1, -0.05) is 35.9 Å². The predicted octanol–water partition coefficient (Wildman–Crippen LogP) is 2.02. The van der Waals surface area contributed by atoms with E-state index in [1.54, 1.807) is 19.1 Å². The molecule has 158 valence electrons. The minimum Gasteiger partial charge on any atom is -0.494 e. The van der Waals surface area contributed by atoms with Gasteiger partial charge in [0.2, 0.25) is 0 Å². The lowest BCUT2D eigenvalue weighted by Crippen LogP contribution is -2.62. The molecule has 0 amide bonds. The zero-order chi connectivity index (χ0) is 21.2. The largest absolute Gasteiger partial charge is 0.494 e. The molecule has 0 spiro atoms.